The molecule has 0 aliphatic carbocycles. The summed E-state index contributed by atoms with van der Waals surface area (Å²) < 4.78 is 39.3. The van der Waals surface area contributed by atoms with E-state index in [1.54, 1.807) is 0 Å². The second kappa shape index (κ2) is 20.5. The van der Waals surface area contributed by atoms with E-state index < -0.39 is 17.3 Å². The highest BCUT2D eigenvalue weighted by Gasteiger charge is 2.26. The molecule has 2 rings (SSSR count). The molecule has 1 heterocycles. The zero-order valence-electron chi connectivity index (χ0n) is 28.0. The van der Waals surface area contributed by atoms with E-state index in [-0.39, 0.29) is 12.0 Å². The van der Waals surface area contributed by atoms with Crippen molar-refractivity contribution in [3.8, 4) is 11.5 Å². The summed E-state index contributed by atoms with van der Waals surface area (Å²) in [7, 11) is 0. The molecule has 1 aliphatic rings. The van der Waals surface area contributed by atoms with Gasteiger partial charge in [0.2, 0.25) is 0 Å². The van der Waals surface area contributed by atoms with Crippen LogP contribution in [0.1, 0.15) is 111 Å². The number of ether oxygens (including phenoxy) is 7. The van der Waals surface area contributed by atoms with Crippen LogP contribution in [0.4, 0.5) is 4.79 Å². The summed E-state index contributed by atoms with van der Waals surface area (Å²) in [6, 6.07) is 5.60. The van der Waals surface area contributed by atoms with Crippen molar-refractivity contribution in [3.63, 3.8) is 0 Å². The fraction of sp³-hybridized carbons (Fsp3) is 0.765. The van der Waals surface area contributed by atoms with Crippen LogP contribution < -0.4 is 14.8 Å². The summed E-state index contributed by atoms with van der Waals surface area (Å²) >= 11 is 0. The Morgan fingerprint density at radius 3 is 1.93 bits per heavy atom. The van der Waals surface area contributed by atoms with Crippen molar-refractivity contribution in [1.82, 2.24) is 5.32 Å². The molecule has 44 heavy (non-hydrogen) atoms. The van der Waals surface area contributed by atoms with Crippen LogP contribution in [0.5, 0.6) is 11.5 Å². The number of carbonyl (C=O) groups excluding carboxylic acids is 2. The number of amides is 1. The summed E-state index contributed by atoms with van der Waals surface area (Å²) in [6.45, 7) is 16.0. The van der Waals surface area contributed by atoms with Crippen molar-refractivity contribution in [2.75, 3.05) is 52.9 Å². The average Bonchev–Trinajstić information content (AvgIpc) is 2.92. The molecule has 0 aromatic heterocycles. The molecule has 10 nitrogen and oxygen atoms in total. The van der Waals surface area contributed by atoms with Gasteiger partial charge in [-0.3, -0.25) is 4.79 Å². The van der Waals surface area contributed by atoms with E-state index in [0.717, 1.165) is 68.6 Å². The number of carbonyl (C=O) groups is 2. The second-order valence-corrected chi connectivity index (χ2v) is 13.0. The number of benzene rings is 1. The van der Waals surface area contributed by atoms with Crippen molar-refractivity contribution in [3.05, 3.63) is 23.8 Å². The normalized spacial score (nSPS) is 14.8. The van der Waals surface area contributed by atoms with Crippen LogP contribution in [-0.4, -0.2) is 76.1 Å². The number of rotatable bonds is 21. The molecule has 0 saturated heterocycles. The van der Waals surface area contributed by atoms with E-state index in [1.807, 2.05) is 59.7 Å². The zero-order valence-corrected chi connectivity index (χ0v) is 28.0. The maximum Gasteiger partial charge on any atom is 0.408 e. The Hall–Kier alpha value is -2.56. The largest absolute Gasteiger partial charge is 0.494 e. The van der Waals surface area contributed by atoms with E-state index in [0.29, 0.717) is 59.1 Å². The Balaban J connectivity index is 1.40. The molecule has 1 amide bonds. The highest BCUT2D eigenvalue weighted by Crippen LogP contribution is 2.35. The third-order valence-corrected chi connectivity index (χ3v) is 6.50. The monoisotopic (exact) mass is 623 g/mol. The summed E-state index contributed by atoms with van der Waals surface area (Å²) in [6.07, 6.45) is 7.51. The Labute approximate surface area is 264 Å². The van der Waals surface area contributed by atoms with Gasteiger partial charge in [-0.1, -0.05) is 12.8 Å². The first-order valence-electron chi connectivity index (χ1n) is 16.3. The first kappa shape index (κ1) is 37.6. The van der Waals surface area contributed by atoms with Gasteiger partial charge in [0.05, 0.1) is 45.7 Å². The highest BCUT2D eigenvalue weighted by atomic mass is 16.6. The van der Waals surface area contributed by atoms with Crippen LogP contribution in [-0.2, 0) is 28.5 Å². The third kappa shape index (κ3) is 18.3. The lowest BCUT2D eigenvalue weighted by atomic mass is 10.0. The van der Waals surface area contributed by atoms with Crippen molar-refractivity contribution < 1.29 is 42.7 Å². The molecule has 252 valence electrons. The van der Waals surface area contributed by atoms with Gasteiger partial charge >= 0.3 is 12.1 Å². The molecule has 1 N–H and O–H groups in total. The molecular formula is C34H57NO9. The minimum atomic E-state index is -0.547. The Kier molecular flexibility index (Phi) is 17.5. The molecule has 1 aromatic rings. The van der Waals surface area contributed by atoms with Gasteiger partial charge in [-0.2, -0.15) is 0 Å². The lowest BCUT2D eigenvalue weighted by molar-refractivity contribution is -0.154. The van der Waals surface area contributed by atoms with Gasteiger partial charge < -0.3 is 38.5 Å². The second-order valence-electron chi connectivity index (χ2n) is 13.0. The highest BCUT2D eigenvalue weighted by molar-refractivity contribution is 5.69. The maximum atomic E-state index is 12.3. The number of hydrogen-bond donors (Lipinski definition) is 1. The smallest absolute Gasteiger partial charge is 0.408 e. The molecule has 10 heteroatoms. The summed E-state index contributed by atoms with van der Waals surface area (Å²) in [4.78, 5) is 23.9. The van der Waals surface area contributed by atoms with Gasteiger partial charge in [-0.15, -0.1) is 0 Å². The molecule has 0 spiro atoms. The maximum absolute atomic E-state index is 12.3. The first-order chi connectivity index (χ1) is 20.9. The molecule has 0 bridgehead atoms. The number of hydrogen-bond acceptors (Lipinski definition) is 9. The lowest BCUT2D eigenvalue weighted by Crippen LogP contribution is -2.36. The Morgan fingerprint density at radius 1 is 0.750 bits per heavy atom. The van der Waals surface area contributed by atoms with Crippen molar-refractivity contribution in [2.45, 2.75) is 117 Å². The van der Waals surface area contributed by atoms with Crippen LogP contribution in [0.25, 0.3) is 0 Å². The summed E-state index contributed by atoms with van der Waals surface area (Å²) in [5.74, 6) is 1.40. The van der Waals surface area contributed by atoms with E-state index in [1.165, 1.54) is 0 Å². The molecular weight excluding hydrogens is 566 g/mol. The summed E-state index contributed by atoms with van der Waals surface area (Å²) in [5, 5.41) is 2.96. The lowest BCUT2D eigenvalue weighted by Gasteiger charge is -2.28. The Bertz CT molecular complexity index is 955. The molecule has 1 atom stereocenters. The standard InChI is InChI=1S/C34H57NO9/c1-33(2,3)43-31(36)14-10-9-12-19-39-23-25-40-24-22-38-18-11-7-8-13-20-41-27-15-16-30-28(26-27)29(17-21-42-30)35-32(37)44-34(4,5)6/h15-16,26,29H,7-14,17-25H2,1-6H3,(H,35,37)/t29-/m1/s1. The van der Waals surface area contributed by atoms with Gasteiger partial charge in [-0.05, 0) is 91.8 Å². The predicted octanol–water partition coefficient (Wildman–Crippen LogP) is 6.93. The fourth-order valence-electron chi connectivity index (χ4n) is 4.50. The molecule has 0 saturated carbocycles. The predicted molar refractivity (Wildman–Crippen MR) is 169 cm³/mol. The number of fused-ring (bicyclic) bond motifs is 1. The van der Waals surface area contributed by atoms with Crippen LogP contribution in [0.15, 0.2) is 18.2 Å². The summed E-state index contributed by atoms with van der Waals surface area (Å²) in [5.41, 5.74) is -0.0491. The number of esters is 1. The van der Waals surface area contributed by atoms with Gasteiger partial charge in [0.25, 0.3) is 0 Å². The SMILES string of the molecule is CC(C)(C)OC(=O)CCCCCOCCOCCOCCCCCCOc1ccc2c(c1)[C@H](NC(=O)OC(C)(C)C)CCO2. The Morgan fingerprint density at radius 2 is 1.32 bits per heavy atom. The first-order valence-corrected chi connectivity index (χ1v) is 16.3. The minimum Gasteiger partial charge on any atom is -0.494 e. The van der Waals surface area contributed by atoms with Gasteiger partial charge in [0, 0.05) is 31.6 Å². The fourth-order valence-corrected chi connectivity index (χ4v) is 4.50. The van der Waals surface area contributed by atoms with Crippen LogP contribution in [0, 0.1) is 0 Å². The van der Waals surface area contributed by atoms with Crippen molar-refractivity contribution >= 4 is 12.1 Å². The molecule has 0 radical (unpaired) electrons. The van der Waals surface area contributed by atoms with Crippen molar-refractivity contribution in [1.29, 1.82) is 0 Å². The molecule has 1 aliphatic heterocycles. The zero-order chi connectivity index (χ0) is 32.3. The van der Waals surface area contributed by atoms with Crippen LogP contribution in [0.3, 0.4) is 0 Å². The van der Waals surface area contributed by atoms with Crippen molar-refractivity contribution in [2.24, 2.45) is 0 Å². The van der Waals surface area contributed by atoms with Gasteiger partial charge in [0.1, 0.15) is 22.7 Å². The van der Waals surface area contributed by atoms with Gasteiger partial charge in [0.15, 0.2) is 0 Å². The topological polar surface area (TPSA) is 111 Å². The number of nitrogens with one attached hydrogen (secondary N) is 1. The number of alkyl carbamates (subject to hydrolysis) is 1. The third-order valence-electron chi connectivity index (χ3n) is 6.50. The van der Waals surface area contributed by atoms with Gasteiger partial charge in [-0.25, -0.2) is 4.79 Å². The van der Waals surface area contributed by atoms with E-state index >= 15 is 0 Å². The van der Waals surface area contributed by atoms with E-state index in [9.17, 15) is 9.59 Å². The van der Waals surface area contributed by atoms with E-state index in [4.69, 9.17) is 33.2 Å². The number of unbranched alkanes of at least 4 members (excludes halogenated alkanes) is 5. The quantitative estimate of drug-likeness (QED) is 0.115. The molecule has 0 unspecified atom stereocenters. The van der Waals surface area contributed by atoms with Crippen LogP contribution in [0.2, 0.25) is 0 Å². The molecule has 0 fully saturated rings. The average molecular weight is 624 g/mol. The molecule has 1 aromatic carbocycles. The van der Waals surface area contributed by atoms with E-state index in [2.05, 4.69) is 5.32 Å². The minimum absolute atomic E-state index is 0.135. The van der Waals surface area contributed by atoms with Crippen LogP contribution >= 0.6 is 0 Å².